The Balaban J connectivity index is 1.71. The Morgan fingerprint density at radius 1 is 0.944 bits per heavy atom. The average Bonchev–Trinajstić information content (AvgIpc) is 3.44. The second kappa shape index (κ2) is 10.4. The summed E-state index contributed by atoms with van der Waals surface area (Å²) in [5.74, 6) is 2.05. The lowest BCUT2D eigenvalue weighted by Crippen LogP contribution is -2.07. The molecule has 0 radical (unpaired) electrons. The van der Waals surface area contributed by atoms with Gasteiger partial charge in [-0.1, -0.05) is 51.0 Å². The predicted octanol–water partition coefficient (Wildman–Crippen LogP) is 6.33. The van der Waals surface area contributed by atoms with Crippen LogP contribution in [-0.2, 0) is 17.8 Å². The highest BCUT2D eigenvalue weighted by Crippen LogP contribution is 2.34. The molecule has 0 bridgehead atoms. The predicted molar refractivity (Wildman–Crippen MR) is 142 cm³/mol. The van der Waals surface area contributed by atoms with Crippen molar-refractivity contribution >= 4 is 33.7 Å². The van der Waals surface area contributed by atoms with Crippen LogP contribution in [0.3, 0.4) is 0 Å². The van der Waals surface area contributed by atoms with E-state index in [1.165, 1.54) is 0 Å². The normalized spacial score (nSPS) is 11.5. The number of aryl methyl sites for hydroxylation is 1. The summed E-state index contributed by atoms with van der Waals surface area (Å²) in [5, 5.41) is 0.768. The molecule has 36 heavy (non-hydrogen) atoms. The molecule has 0 atom stereocenters. The number of benzene rings is 2. The van der Waals surface area contributed by atoms with Crippen LogP contribution in [0.1, 0.15) is 57.3 Å². The molecule has 5 aromatic rings. The summed E-state index contributed by atoms with van der Waals surface area (Å²) in [5.41, 5.74) is 4.56. The lowest BCUT2D eigenvalue weighted by atomic mass is 10.2. The monoisotopic (exact) mass is 484 g/mol. The quantitative estimate of drug-likeness (QED) is 0.217. The summed E-state index contributed by atoms with van der Waals surface area (Å²) >= 11 is 0. The molecule has 0 spiro atoms. The molecule has 5 rings (SSSR count). The first-order chi connectivity index (χ1) is 17.6. The zero-order valence-corrected chi connectivity index (χ0v) is 21.2. The molecule has 7 heteroatoms. The van der Waals surface area contributed by atoms with Gasteiger partial charge >= 0.3 is 5.97 Å². The Morgan fingerprint density at radius 2 is 1.72 bits per heavy atom. The fourth-order valence-electron chi connectivity index (χ4n) is 4.60. The number of para-hydroxylation sites is 2. The first-order valence-electron chi connectivity index (χ1n) is 12.8. The molecule has 0 saturated heterocycles. The number of imidazole rings is 1. The van der Waals surface area contributed by atoms with Crippen molar-refractivity contribution in [1.82, 2.24) is 18.9 Å². The van der Waals surface area contributed by atoms with E-state index in [-0.39, 0.29) is 5.97 Å². The maximum atomic E-state index is 12.7. The van der Waals surface area contributed by atoms with Crippen LogP contribution in [-0.4, -0.2) is 32.0 Å². The topological polar surface area (TPSA) is 70.7 Å². The number of fused-ring (bicyclic) bond motifs is 5. The van der Waals surface area contributed by atoms with Gasteiger partial charge in [-0.05, 0) is 42.7 Å². The number of aromatic nitrogens is 4. The van der Waals surface area contributed by atoms with Crippen molar-refractivity contribution in [3.63, 3.8) is 0 Å². The van der Waals surface area contributed by atoms with Crippen LogP contribution in [0.2, 0.25) is 0 Å². The lowest BCUT2D eigenvalue weighted by Gasteiger charge is -2.10. The molecule has 0 amide bonds. The summed E-state index contributed by atoms with van der Waals surface area (Å²) in [7, 11) is 1.66. The van der Waals surface area contributed by atoms with Gasteiger partial charge in [0.15, 0.2) is 11.4 Å². The SMILES string of the molecule is CCCCC(=O)Oc1cn(Cc2ccc(OC)cc2)c2nc(CCCC)n3c4ccccc4nc3c12. The van der Waals surface area contributed by atoms with E-state index in [1.807, 2.05) is 48.7 Å². The number of ether oxygens (including phenoxy) is 2. The molecule has 3 heterocycles. The minimum absolute atomic E-state index is 0.232. The first-order valence-corrected chi connectivity index (χ1v) is 12.8. The average molecular weight is 485 g/mol. The van der Waals surface area contributed by atoms with Crippen molar-refractivity contribution in [2.45, 2.75) is 58.9 Å². The smallest absolute Gasteiger partial charge is 0.311 e. The molecular weight excluding hydrogens is 452 g/mol. The van der Waals surface area contributed by atoms with Crippen LogP contribution in [0.5, 0.6) is 11.5 Å². The first kappa shape index (κ1) is 23.9. The Bertz CT molecular complexity index is 1520. The highest BCUT2D eigenvalue weighted by molar-refractivity contribution is 6.01. The van der Waals surface area contributed by atoms with Crippen molar-refractivity contribution in [3.05, 3.63) is 66.1 Å². The minimum atomic E-state index is -0.232. The van der Waals surface area contributed by atoms with E-state index in [0.29, 0.717) is 18.7 Å². The summed E-state index contributed by atoms with van der Waals surface area (Å²) in [6.07, 6.45) is 6.95. The molecule has 186 valence electrons. The van der Waals surface area contributed by atoms with Gasteiger partial charge in [0.2, 0.25) is 0 Å². The molecule has 0 N–H and O–H groups in total. The molecule has 7 nitrogen and oxygen atoms in total. The number of rotatable bonds is 10. The van der Waals surface area contributed by atoms with Gasteiger partial charge in [-0.3, -0.25) is 9.20 Å². The summed E-state index contributed by atoms with van der Waals surface area (Å²) in [6.45, 7) is 4.83. The lowest BCUT2D eigenvalue weighted by molar-refractivity contribution is -0.134. The Hall–Kier alpha value is -3.87. The van der Waals surface area contributed by atoms with E-state index < -0.39 is 0 Å². The summed E-state index contributed by atoms with van der Waals surface area (Å²) in [6, 6.07) is 16.1. The van der Waals surface area contributed by atoms with Gasteiger partial charge in [0.05, 0.1) is 18.1 Å². The van der Waals surface area contributed by atoms with E-state index in [4.69, 9.17) is 19.4 Å². The van der Waals surface area contributed by atoms with Gasteiger partial charge < -0.3 is 14.0 Å². The molecule has 3 aromatic heterocycles. The van der Waals surface area contributed by atoms with Crippen molar-refractivity contribution in [2.24, 2.45) is 0 Å². The third kappa shape index (κ3) is 4.53. The van der Waals surface area contributed by atoms with Gasteiger partial charge in [-0.15, -0.1) is 0 Å². The van der Waals surface area contributed by atoms with E-state index in [1.54, 1.807) is 7.11 Å². The Labute approximate surface area is 210 Å². The van der Waals surface area contributed by atoms with Crippen LogP contribution in [0.4, 0.5) is 0 Å². The maximum Gasteiger partial charge on any atom is 0.311 e. The van der Waals surface area contributed by atoms with Crippen LogP contribution >= 0.6 is 0 Å². The van der Waals surface area contributed by atoms with Gasteiger partial charge in [0.25, 0.3) is 0 Å². The molecule has 0 aliphatic heterocycles. The summed E-state index contributed by atoms with van der Waals surface area (Å²) in [4.78, 5) is 22.8. The number of unbranched alkanes of at least 4 members (excludes halogenated alkanes) is 2. The third-order valence-electron chi connectivity index (χ3n) is 6.52. The van der Waals surface area contributed by atoms with Gasteiger partial charge in [-0.25, -0.2) is 9.97 Å². The fraction of sp³-hybridized carbons (Fsp3) is 0.345. The molecule has 0 saturated carbocycles. The zero-order valence-electron chi connectivity index (χ0n) is 21.2. The van der Waals surface area contributed by atoms with Crippen LogP contribution in [0, 0.1) is 0 Å². The molecule has 2 aromatic carbocycles. The van der Waals surface area contributed by atoms with Crippen molar-refractivity contribution < 1.29 is 14.3 Å². The van der Waals surface area contributed by atoms with Crippen LogP contribution in [0.15, 0.2) is 54.7 Å². The zero-order chi connectivity index (χ0) is 25.1. The highest BCUT2D eigenvalue weighted by atomic mass is 16.5. The number of carbonyl (C=O) groups is 1. The molecule has 0 fully saturated rings. The second-order valence-corrected chi connectivity index (χ2v) is 9.14. The number of methoxy groups -OCH3 is 1. The highest BCUT2D eigenvalue weighted by Gasteiger charge is 2.22. The maximum absolute atomic E-state index is 12.7. The molecule has 0 unspecified atom stereocenters. The van der Waals surface area contributed by atoms with E-state index in [0.717, 1.165) is 77.0 Å². The third-order valence-corrected chi connectivity index (χ3v) is 6.52. The van der Waals surface area contributed by atoms with E-state index in [2.05, 4.69) is 28.9 Å². The van der Waals surface area contributed by atoms with E-state index in [9.17, 15) is 4.79 Å². The van der Waals surface area contributed by atoms with Gasteiger partial charge in [0.1, 0.15) is 22.6 Å². The standard InChI is InChI=1S/C29H32N4O3/c1-4-6-12-25-31-28-27(29-30-22-10-8-9-11-23(22)33(25)29)24(36-26(34)13-7-5-2)19-32(28)18-20-14-16-21(35-3)17-15-20/h8-11,14-17,19H,4-7,12-13,18H2,1-3H3. The number of hydrogen-bond acceptors (Lipinski definition) is 5. The van der Waals surface area contributed by atoms with Crippen LogP contribution < -0.4 is 9.47 Å². The Kier molecular flexibility index (Phi) is 6.89. The largest absolute Gasteiger partial charge is 0.497 e. The number of carbonyl (C=O) groups excluding carboxylic acids is 1. The van der Waals surface area contributed by atoms with Gasteiger partial charge in [0, 0.05) is 25.6 Å². The molecule has 0 aliphatic rings. The number of hydrogen-bond donors (Lipinski definition) is 0. The van der Waals surface area contributed by atoms with Crippen molar-refractivity contribution in [2.75, 3.05) is 7.11 Å². The van der Waals surface area contributed by atoms with Gasteiger partial charge in [-0.2, -0.15) is 0 Å². The molecular formula is C29H32N4O3. The minimum Gasteiger partial charge on any atom is -0.497 e. The van der Waals surface area contributed by atoms with Crippen molar-refractivity contribution in [3.8, 4) is 11.5 Å². The Morgan fingerprint density at radius 3 is 2.47 bits per heavy atom. The summed E-state index contributed by atoms with van der Waals surface area (Å²) < 4.78 is 15.4. The number of nitrogens with zero attached hydrogens (tertiary/aromatic N) is 4. The van der Waals surface area contributed by atoms with Crippen molar-refractivity contribution in [1.29, 1.82) is 0 Å². The second-order valence-electron chi connectivity index (χ2n) is 9.14. The van der Waals surface area contributed by atoms with Crippen LogP contribution in [0.25, 0.3) is 27.7 Å². The molecule has 0 aliphatic carbocycles. The number of esters is 1. The van der Waals surface area contributed by atoms with E-state index >= 15 is 0 Å². The fourth-order valence-corrected chi connectivity index (χ4v) is 4.60.